The van der Waals surface area contributed by atoms with Gasteiger partial charge in [0.15, 0.2) is 0 Å². The molecule has 0 aromatic heterocycles. The van der Waals surface area contributed by atoms with Crippen LogP contribution in [0.2, 0.25) is 0 Å². The Bertz CT molecular complexity index is 222. The first-order valence-corrected chi connectivity index (χ1v) is 6.59. The first kappa shape index (κ1) is 16.2. The smallest absolute Gasteiger partial charge is 0.332 e. The van der Waals surface area contributed by atoms with E-state index in [0.29, 0.717) is 6.42 Å². The molecule has 0 aliphatic carbocycles. The van der Waals surface area contributed by atoms with Gasteiger partial charge in [-0.2, -0.15) is 0 Å². The second-order valence-electron chi connectivity index (χ2n) is 4.67. The summed E-state index contributed by atoms with van der Waals surface area (Å²) in [5.74, 6) is -1.92. The van der Waals surface area contributed by atoms with E-state index in [1.165, 1.54) is 39.0 Å². The Balaban J connectivity index is 3.51. The van der Waals surface area contributed by atoms with E-state index in [4.69, 9.17) is 4.74 Å². The molecule has 0 aliphatic rings. The van der Waals surface area contributed by atoms with Crippen molar-refractivity contribution in [3.05, 3.63) is 12.7 Å². The third-order valence-corrected chi connectivity index (χ3v) is 2.73. The van der Waals surface area contributed by atoms with E-state index >= 15 is 0 Å². The van der Waals surface area contributed by atoms with E-state index in [9.17, 15) is 9.90 Å². The van der Waals surface area contributed by atoms with Gasteiger partial charge in [-0.1, -0.05) is 52.0 Å². The van der Waals surface area contributed by atoms with Crippen LogP contribution in [0.3, 0.4) is 0 Å². The molecule has 0 bridgehead atoms. The molecule has 0 rings (SSSR count). The largest absolute Gasteiger partial charge is 0.430 e. The van der Waals surface area contributed by atoms with Gasteiger partial charge in [0, 0.05) is 19.4 Å². The van der Waals surface area contributed by atoms with Crippen LogP contribution in [0.25, 0.3) is 0 Å². The molecular weight excluding hydrogens is 216 g/mol. The highest BCUT2D eigenvalue weighted by atomic mass is 16.7. The van der Waals surface area contributed by atoms with Crippen molar-refractivity contribution in [2.24, 2.45) is 0 Å². The lowest BCUT2D eigenvalue weighted by Crippen LogP contribution is -2.30. The zero-order chi connectivity index (χ0) is 13.1. The number of hydrogen-bond donors (Lipinski definition) is 1. The van der Waals surface area contributed by atoms with Crippen molar-refractivity contribution in [1.82, 2.24) is 0 Å². The SMILES string of the molecule is C=CC(=O)OC(C)(O)CCCCCCCCC. The van der Waals surface area contributed by atoms with Crippen molar-refractivity contribution in [1.29, 1.82) is 0 Å². The molecule has 0 radical (unpaired) electrons. The van der Waals surface area contributed by atoms with Gasteiger partial charge in [-0.05, 0) is 6.42 Å². The van der Waals surface area contributed by atoms with Crippen LogP contribution in [0.5, 0.6) is 0 Å². The molecule has 1 unspecified atom stereocenters. The molecule has 100 valence electrons. The summed E-state index contributed by atoms with van der Waals surface area (Å²) in [5, 5.41) is 9.77. The number of carbonyl (C=O) groups is 1. The molecule has 3 heteroatoms. The molecule has 0 aromatic carbocycles. The maximum atomic E-state index is 10.9. The van der Waals surface area contributed by atoms with Crippen LogP contribution in [0.1, 0.15) is 65.2 Å². The van der Waals surface area contributed by atoms with E-state index in [-0.39, 0.29) is 0 Å². The average molecular weight is 242 g/mol. The summed E-state index contributed by atoms with van der Waals surface area (Å²) in [5.41, 5.74) is 0. The molecule has 0 aliphatic heterocycles. The number of carbonyl (C=O) groups excluding carboxylic acids is 1. The van der Waals surface area contributed by atoms with Crippen molar-refractivity contribution in [3.8, 4) is 0 Å². The summed E-state index contributed by atoms with van der Waals surface area (Å²) in [6.45, 7) is 7.02. The van der Waals surface area contributed by atoms with Gasteiger partial charge in [0.25, 0.3) is 0 Å². The lowest BCUT2D eigenvalue weighted by Gasteiger charge is -2.22. The van der Waals surface area contributed by atoms with Gasteiger partial charge < -0.3 is 9.84 Å². The van der Waals surface area contributed by atoms with Crippen molar-refractivity contribution < 1.29 is 14.6 Å². The fraction of sp³-hybridized carbons (Fsp3) is 0.786. The second-order valence-corrected chi connectivity index (χ2v) is 4.67. The Morgan fingerprint density at radius 2 is 1.76 bits per heavy atom. The van der Waals surface area contributed by atoms with Crippen LogP contribution in [0, 0.1) is 0 Å². The number of ether oxygens (including phenoxy) is 1. The third kappa shape index (κ3) is 10.1. The molecule has 0 fully saturated rings. The molecular formula is C14H26O3. The number of hydrogen-bond acceptors (Lipinski definition) is 3. The summed E-state index contributed by atoms with van der Waals surface area (Å²) in [6.07, 6.45) is 9.79. The number of aliphatic hydroxyl groups is 1. The van der Waals surface area contributed by atoms with Crippen molar-refractivity contribution in [2.45, 2.75) is 71.0 Å². The Morgan fingerprint density at radius 3 is 2.29 bits per heavy atom. The summed E-state index contributed by atoms with van der Waals surface area (Å²) in [7, 11) is 0. The van der Waals surface area contributed by atoms with Crippen LogP contribution in [0.4, 0.5) is 0 Å². The Labute approximate surface area is 105 Å². The average Bonchev–Trinajstić information content (AvgIpc) is 2.27. The van der Waals surface area contributed by atoms with Gasteiger partial charge in [0.1, 0.15) is 0 Å². The van der Waals surface area contributed by atoms with Gasteiger partial charge in [-0.25, -0.2) is 4.79 Å². The highest BCUT2D eigenvalue weighted by molar-refractivity contribution is 5.81. The quantitative estimate of drug-likeness (QED) is 0.276. The number of unbranched alkanes of at least 4 members (excludes halogenated alkanes) is 6. The minimum absolute atomic E-state index is 0.486. The zero-order valence-corrected chi connectivity index (χ0v) is 11.2. The lowest BCUT2D eigenvalue weighted by molar-refractivity contribution is -0.199. The van der Waals surface area contributed by atoms with E-state index in [1.54, 1.807) is 0 Å². The number of esters is 1. The fourth-order valence-electron chi connectivity index (χ4n) is 1.72. The molecule has 0 amide bonds. The van der Waals surface area contributed by atoms with Gasteiger partial charge >= 0.3 is 5.97 Å². The Morgan fingerprint density at radius 1 is 1.24 bits per heavy atom. The predicted molar refractivity (Wildman–Crippen MR) is 69.5 cm³/mol. The lowest BCUT2D eigenvalue weighted by atomic mass is 10.1. The van der Waals surface area contributed by atoms with Crippen molar-refractivity contribution in [3.63, 3.8) is 0 Å². The van der Waals surface area contributed by atoms with Crippen LogP contribution in [-0.4, -0.2) is 16.9 Å². The molecule has 1 atom stereocenters. The minimum Gasteiger partial charge on any atom is -0.430 e. The van der Waals surface area contributed by atoms with Gasteiger partial charge in [-0.15, -0.1) is 0 Å². The first-order chi connectivity index (χ1) is 8.02. The van der Waals surface area contributed by atoms with E-state index < -0.39 is 11.8 Å². The normalized spacial score (nSPS) is 14.1. The van der Waals surface area contributed by atoms with E-state index in [0.717, 1.165) is 18.9 Å². The fourth-order valence-corrected chi connectivity index (χ4v) is 1.72. The predicted octanol–water partition coefficient (Wildman–Crippen LogP) is 3.56. The zero-order valence-electron chi connectivity index (χ0n) is 11.2. The molecule has 3 nitrogen and oxygen atoms in total. The van der Waals surface area contributed by atoms with Crippen LogP contribution in [0.15, 0.2) is 12.7 Å². The number of rotatable bonds is 10. The Kier molecular flexibility index (Phi) is 8.78. The third-order valence-electron chi connectivity index (χ3n) is 2.73. The second kappa shape index (κ2) is 9.23. The van der Waals surface area contributed by atoms with Gasteiger partial charge in [0.2, 0.25) is 5.79 Å². The molecule has 0 spiro atoms. The summed E-state index contributed by atoms with van der Waals surface area (Å²) < 4.78 is 4.83. The molecule has 0 saturated carbocycles. The summed E-state index contributed by atoms with van der Waals surface area (Å²) >= 11 is 0. The Hall–Kier alpha value is -0.830. The molecule has 0 heterocycles. The summed E-state index contributed by atoms with van der Waals surface area (Å²) in [6, 6.07) is 0. The monoisotopic (exact) mass is 242 g/mol. The van der Waals surface area contributed by atoms with Crippen molar-refractivity contribution >= 4 is 5.97 Å². The molecule has 1 N–H and O–H groups in total. The van der Waals surface area contributed by atoms with Crippen LogP contribution < -0.4 is 0 Å². The summed E-state index contributed by atoms with van der Waals surface area (Å²) in [4.78, 5) is 10.9. The highest BCUT2D eigenvalue weighted by Crippen LogP contribution is 2.17. The topological polar surface area (TPSA) is 46.5 Å². The van der Waals surface area contributed by atoms with E-state index in [2.05, 4.69) is 13.5 Å². The van der Waals surface area contributed by atoms with Crippen molar-refractivity contribution in [2.75, 3.05) is 0 Å². The van der Waals surface area contributed by atoms with E-state index in [1.807, 2.05) is 0 Å². The van der Waals surface area contributed by atoms with Crippen LogP contribution >= 0.6 is 0 Å². The standard InChI is InChI=1S/C14H26O3/c1-4-6-7-8-9-10-11-12-14(3,16)17-13(15)5-2/h5,16H,2,4,6-12H2,1,3H3. The van der Waals surface area contributed by atoms with Gasteiger partial charge in [0.05, 0.1) is 0 Å². The first-order valence-electron chi connectivity index (χ1n) is 6.59. The molecule has 17 heavy (non-hydrogen) atoms. The van der Waals surface area contributed by atoms with Crippen LogP contribution in [-0.2, 0) is 9.53 Å². The highest BCUT2D eigenvalue weighted by Gasteiger charge is 2.23. The molecule has 0 saturated heterocycles. The van der Waals surface area contributed by atoms with Gasteiger partial charge in [-0.3, -0.25) is 0 Å². The maximum Gasteiger partial charge on any atom is 0.332 e. The molecule has 0 aromatic rings. The minimum atomic E-state index is -1.35. The maximum absolute atomic E-state index is 10.9.